The standard InChI is InChI=1S/C16H13N3O2S2/c20-14(19-15(21)17-11-6-2-1-3-7-11)10-22-16-18-12-8-4-5-9-13(12)23-16/h1-9H,10H2,(H2,17,19,20,21). The van der Waals surface area contributed by atoms with E-state index in [1.165, 1.54) is 23.1 Å². The summed E-state index contributed by atoms with van der Waals surface area (Å²) < 4.78 is 1.89. The molecule has 0 atom stereocenters. The summed E-state index contributed by atoms with van der Waals surface area (Å²) in [7, 11) is 0. The number of para-hydroxylation sites is 2. The van der Waals surface area contributed by atoms with Gasteiger partial charge in [-0.25, -0.2) is 9.78 Å². The summed E-state index contributed by atoms with van der Waals surface area (Å²) in [5.74, 6) is -0.218. The third kappa shape index (κ3) is 4.30. The van der Waals surface area contributed by atoms with Crippen LogP contribution in [0.15, 0.2) is 58.9 Å². The van der Waals surface area contributed by atoms with Crippen LogP contribution in [0.3, 0.4) is 0 Å². The number of thioether (sulfide) groups is 1. The Morgan fingerprint density at radius 1 is 1.04 bits per heavy atom. The molecule has 2 aromatic carbocycles. The smallest absolute Gasteiger partial charge is 0.308 e. The van der Waals surface area contributed by atoms with Gasteiger partial charge in [0.2, 0.25) is 5.91 Å². The van der Waals surface area contributed by atoms with Crippen LogP contribution in [0.2, 0.25) is 0 Å². The molecular formula is C16H13N3O2S2. The Bertz CT molecular complexity index is 800. The van der Waals surface area contributed by atoms with Gasteiger partial charge in [-0.1, -0.05) is 42.1 Å². The highest BCUT2D eigenvalue weighted by Gasteiger charge is 2.10. The lowest BCUT2D eigenvalue weighted by Crippen LogP contribution is -2.35. The number of thiazole rings is 1. The Hall–Kier alpha value is -2.38. The van der Waals surface area contributed by atoms with Crippen molar-refractivity contribution in [2.45, 2.75) is 4.34 Å². The number of rotatable bonds is 4. The summed E-state index contributed by atoms with van der Waals surface area (Å²) in [6.07, 6.45) is 0. The third-order valence-corrected chi connectivity index (χ3v) is 5.06. The lowest BCUT2D eigenvalue weighted by Gasteiger charge is -2.05. The van der Waals surface area contributed by atoms with E-state index < -0.39 is 6.03 Å². The van der Waals surface area contributed by atoms with Crippen LogP contribution in [0.1, 0.15) is 0 Å². The van der Waals surface area contributed by atoms with E-state index in [4.69, 9.17) is 0 Å². The van der Waals surface area contributed by atoms with Gasteiger partial charge in [0.05, 0.1) is 16.0 Å². The van der Waals surface area contributed by atoms with Gasteiger partial charge < -0.3 is 5.32 Å². The van der Waals surface area contributed by atoms with Crippen molar-refractivity contribution in [3.63, 3.8) is 0 Å². The van der Waals surface area contributed by atoms with E-state index in [0.717, 1.165) is 14.6 Å². The lowest BCUT2D eigenvalue weighted by molar-refractivity contribution is -0.117. The summed E-state index contributed by atoms with van der Waals surface area (Å²) in [6, 6.07) is 16.2. The highest BCUT2D eigenvalue weighted by Crippen LogP contribution is 2.28. The Labute approximate surface area is 141 Å². The van der Waals surface area contributed by atoms with Gasteiger partial charge in [-0.05, 0) is 24.3 Å². The number of urea groups is 1. The number of amides is 3. The zero-order chi connectivity index (χ0) is 16.1. The zero-order valence-corrected chi connectivity index (χ0v) is 13.6. The van der Waals surface area contributed by atoms with E-state index in [2.05, 4.69) is 15.6 Å². The first-order valence-corrected chi connectivity index (χ1v) is 8.65. The fraction of sp³-hybridized carbons (Fsp3) is 0.0625. The molecule has 0 aliphatic heterocycles. The van der Waals surface area contributed by atoms with E-state index in [0.29, 0.717) is 5.69 Å². The van der Waals surface area contributed by atoms with Crippen LogP contribution < -0.4 is 10.6 Å². The summed E-state index contributed by atoms with van der Waals surface area (Å²) in [6.45, 7) is 0. The highest BCUT2D eigenvalue weighted by molar-refractivity contribution is 8.01. The van der Waals surface area contributed by atoms with Crippen molar-refractivity contribution in [2.75, 3.05) is 11.1 Å². The van der Waals surface area contributed by atoms with Crippen molar-refractivity contribution in [1.29, 1.82) is 0 Å². The normalized spacial score (nSPS) is 10.4. The average Bonchev–Trinajstić information content (AvgIpc) is 2.96. The number of imide groups is 1. The van der Waals surface area contributed by atoms with Gasteiger partial charge in [0, 0.05) is 5.69 Å². The monoisotopic (exact) mass is 343 g/mol. The van der Waals surface area contributed by atoms with Crippen LogP contribution in [0.25, 0.3) is 10.2 Å². The average molecular weight is 343 g/mol. The second-order valence-electron chi connectivity index (χ2n) is 4.60. The van der Waals surface area contributed by atoms with Gasteiger partial charge in [0.15, 0.2) is 4.34 Å². The molecule has 3 amide bonds. The SMILES string of the molecule is O=C(CSc1nc2ccccc2s1)NC(=O)Nc1ccccc1. The Morgan fingerprint density at radius 2 is 1.78 bits per heavy atom. The second-order valence-corrected chi connectivity index (χ2v) is 6.86. The number of benzene rings is 2. The summed E-state index contributed by atoms with van der Waals surface area (Å²) in [4.78, 5) is 28.0. The first-order valence-electron chi connectivity index (χ1n) is 6.85. The number of hydrogen-bond acceptors (Lipinski definition) is 5. The van der Waals surface area contributed by atoms with Crippen LogP contribution in [0.5, 0.6) is 0 Å². The fourth-order valence-corrected chi connectivity index (χ4v) is 3.76. The van der Waals surface area contributed by atoms with Crippen LogP contribution >= 0.6 is 23.1 Å². The predicted molar refractivity (Wildman–Crippen MR) is 93.9 cm³/mol. The fourth-order valence-electron chi connectivity index (χ4n) is 1.89. The lowest BCUT2D eigenvalue weighted by atomic mass is 10.3. The number of hydrogen-bond donors (Lipinski definition) is 2. The zero-order valence-electron chi connectivity index (χ0n) is 12.0. The molecular weight excluding hydrogens is 330 g/mol. The first-order chi connectivity index (χ1) is 11.2. The van der Waals surface area contributed by atoms with Crippen molar-refractivity contribution < 1.29 is 9.59 Å². The molecule has 0 bridgehead atoms. The summed E-state index contributed by atoms with van der Waals surface area (Å²) >= 11 is 2.85. The Morgan fingerprint density at radius 3 is 2.57 bits per heavy atom. The largest absolute Gasteiger partial charge is 0.325 e. The molecule has 7 heteroatoms. The van der Waals surface area contributed by atoms with Crippen molar-refractivity contribution in [1.82, 2.24) is 10.3 Å². The molecule has 116 valence electrons. The van der Waals surface area contributed by atoms with Crippen molar-refractivity contribution >= 4 is 50.9 Å². The molecule has 3 rings (SSSR count). The Balaban J connectivity index is 1.50. The van der Waals surface area contributed by atoms with Crippen molar-refractivity contribution in [2.24, 2.45) is 0 Å². The van der Waals surface area contributed by atoms with E-state index in [1.54, 1.807) is 24.3 Å². The number of carbonyl (C=O) groups is 2. The summed E-state index contributed by atoms with van der Waals surface area (Å²) in [5, 5.41) is 4.90. The molecule has 0 saturated carbocycles. The number of nitrogens with one attached hydrogen (secondary N) is 2. The van der Waals surface area contributed by atoms with E-state index in [1.807, 2.05) is 30.3 Å². The van der Waals surface area contributed by atoms with Crippen LogP contribution in [-0.4, -0.2) is 22.7 Å². The minimum Gasteiger partial charge on any atom is -0.308 e. The van der Waals surface area contributed by atoms with Gasteiger partial charge in [-0.3, -0.25) is 10.1 Å². The first kappa shape index (κ1) is 15.5. The molecule has 1 heterocycles. The molecule has 23 heavy (non-hydrogen) atoms. The quantitative estimate of drug-likeness (QED) is 0.708. The third-order valence-electron chi connectivity index (χ3n) is 2.89. The molecule has 0 aliphatic carbocycles. The van der Waals surface area contributed by atoms with Gasteiger partial charge in [0.25, 0.3) is 0 Å². The molecule has 0 saturated heterocycles. The molecule has 0 spiro atoms. The summed E-state index contributed by atoms with van der Waals surface area (Å²) in [5.41, 5.74) is 1.55. The second kappa shape index (κ2) is 7.26. The van der Waals surface area contributed by atoms with E-state index in [9.17, 15) is 9.59 Å². The number of fused-ring (bicyclic) bond motifs is 1. The molecule has 2 N–H and O–H groups in total. The van der Waals surface area contributed by atoms with Gasteiger partial charge >= 0.3 is 6.03 Å². The van der Waals surface area contributed by atoms with Crippen LogP contribution in [0.4, 0.5) is 10.5 Å². The molecule has 0 aliphatic rings. The Kier molecular flexibility index (Phi) is 4.89. The molecule has 3 aromatic rings. The topological polar surface area (TPSA) is 71.1 Å². The van der Waals surface area contributed by atoms with Crippen LogP contribution in [0, 0.1) is 0 Å². The molecule has 0 fully saturated rings. The van der Waals surface area contributed by atoms with Crippen LogP contribution in [-0.2, 0) is 4.79 Å². The minimum absolute atomic E-state index is 0.141. The number of carbonyl (C=O) groups excluding carboxylic acids is 2. The highest BCUT2D eigenvalue weighted by atomic mass is 32.2. The minimum atomic E-state index is -0.536. The molecule has 1 aromatic heterocycles. The van der Waals surface area contributed by atoms with Crippen molar-refractivity contribution in [3.8, 4) is 0 Å². The molecule has 0 unspecified atom stereocenters. The maximum Gasteiger partial charge on any atom is 0.325 e. The van der Waals surface area contributed by atoms with E-state index in [-0.39, 0.29) is 11.7 Å². The number of nitrogens with zero attached hydrogens (tertiary/aromatic N) is 1. The van der Waals surface area contributed by atoms with E-state index >= 15 is 0 Å². The van der Waals surface area contributed by atoms with Gasteiger partial charge in [-0.15, -0.1) is 11.3 Å². The van der Waals surface area contributed by atoms with Gasteiger partial charge in [0.1, 0.15) is 0 Å². The number of anilines is 1. The van der Waals surface area contributed by atoms with Gasteiger partial charge in [-0.2, -0.15) is 0 Å². The number of aromatic nitrogens is 1. The van der Waals surface area contributed by atoms with Crippen molar-refractivity contribution in [3.05, 3.63) is 54.6 Å². The molecule has 0 radical (unpaired) electrons. The maximum absolute atomic E-state index is 11.8. The predicted octanol–water partition coefficient (Wildman–Crippen LogP) is 3.74. The maximum atomic E-state index is 11.8. The molecule has 5 nitrogen and oxygen atoms in total.